The van der Waals surface area contributed by atoms with Crippen LogP contribution in [-0.4, -0.2) is 48.2 Å². The Hall–Kier alpha value is -0.750. The molecule has 1 aliphatic rings. The van der Waals surface area contributed by atoms with E-state index in [1.165, 1.54) is 0 Å². The number of hydrogen-bond donors (Lipinski definition) is 1. The SMILES string of the molecule is O=C(CN1CCSCC1)N/N=C\c1ccc(Cl)c(Cl)c1. The van der Waals surface area contributed by atoms with Crippen molar-refractivity contribution in [3.05, 3.63) is 33.8 Å². The van der Waals surface area contributed by atoms with Gasteiger partial charge in [0.1, 0.15) is 0 Å². The Labute approximate surface area is 132 Å². The molecule has 0 spiro atoms. The van der Waals surface area contributed by atoms with E-state index in [0.717, 1.165) is 30.2 Å². The average molecular weight is 332 g/mol. The van der Waals surface area contributed by atoms with Crippen molar-refractivity contribution in [1.82, 2.24) is 10.3 Å². The van der Waals surface area contributed by atoms with Crippen LogP contribution >= 0.6 is 35.0 Å². The molecule has 1 aliphatic heterocycles. The molecule has 7 heteroatoms. The van der Waals surface area contributed by atoms with Gasteiger partial charge in [-0.05, 0) is 17.7 Å². The number of halogens is 2. The molecule has 20 heavy (non-hydrogen) atoms. The molecule has 4 nitrogen and oxygen atoms in total. The molecule has 108 valence electrons. The second-order valence-electron chi connectivity index (χ2n) is 4.36. The predicted octanol–water partition coefficient (Wildman–Crippen LogP) is 2.49. The van der Waals surface area contributed by atoms with E-state index in [9.17, 15) is 4.79 Å². The molecule has 1 heterocycles. The number of carbonyl (C=O) groups excluding carboxylic acids is 1. The molecule has 0 aromatic heterocycles. The van der Waals surface area contributed by atoms with E-state index in [0.29, 0.717) is 16.6 Å². The molecule has 0 saturated carbocycles. The topological polar surface area (TPSA) is 44.7 Å². The van der Waals surface area contributed by atoms with Crippen molar-refractivity contribution in [2.45, 2.75) is 0 Å². The minimum atomic E-state index is -0.104. The monoisotopic (exact) mass is 331 g/mol. The molecule has 0 unspecified atom stereocenters. The van der Waals surface area contributed by atoms with Gasteiger partial charge in [-0.25, -0.2) is 5.43 Å². The summed E-state index contributed by atoms with van der Waals surface area (Å²) >= 11 is 13.6. The Morgan fingerprint density at radius 3 is 2.80 bits per heavy atom. The molecule has 2 rings (SSSR count). The molecule has 1 aromatic rings. The third-order valence-electron chi connectivity index (χ3n) is 2.82. The number of amides is 1. The summed E-state index contributed by atoms with van der Waals surface area (Å²) in [5.41, 5.74) is 3.30. The van der Waals surface area contributed by atoms with Gasteiger partial charge in [0.15, 0.2) is 0 Å². The van der Waals surface area contributed by atoms with Crippen molar-refractivity contribution in [3.8, 4) is 0 Å². The molecule has 1 aromatic carbocycles. The molecular formula is C13H15Cl2N3OS. The lowest BCUT2D eigenvalue weighted by molar-refractivity contribution is -0.122. The van der Waals surface area contributed by atoms with Crippen LogP contribution in [0.2, 0.25) is 10.0 Å². The van der Waals surface area contributed by atoms with Gasteiger partial charge in [-0.3, -0.25) is 9.69 Å². The van der Waals surface area contributed by atoms with Crippen LogP contribution in [0.4, 0.5) is 0 Å². The van der Waals surface area contributed by atoms with Gasteiger partial charge >= 0.3 is 0 Å². The second-order valence-corrected chi connectivity index (χ2v) is 6.39. The van der Waals surface area contributed by atoms with Gasteiger partial charge < -0.3 is 0 Å². The summed E-state index contributed by atoms with van der Waals surface area (Å²) in [5, 5.41) is 4.88. The maximum atomic E-state index is 11.7. The van der Waals surface area contributed by atoms with Gasteiger partial charge in [-0.1, -0.05) is 29.3 Å². The number of hydrazone groups is 1. The number of nitrogens with one attached hydrogen (secondary N) is 1. The van der Waals surface area contributed by atoms with E-state index in [1.54, 1.807) is 24.4 Å². The quantitative estimate of drug-likeness (QED) is 0.681. The van der Waals surface area contributed by atoms with E-state index in [-0.39, 0.29) is 5.91 Å². The Bertz CT molecular complexity index is 504. The largest absolute Gasteiger partial charge is 0.293 e. The molecule has 0 radical (unpaired) electrons. The summed E-state index contributed by atoms with van der Waals surface area (Å²) in [6.07, 6.45) is 1.55. The highest BCUT2D eigenvalue weighted by Crippen LogP contribution is 2.21. The zero-order valence-electron chi connectivity index (χ0n) is 10.8. The minimum Gasteiger partial charge on any atom is -0.293 e. The minimum absolute atomic E-state index is 0.104. The lowest BCUT2D eigenvalue weighted by atomic mass is 10.2. The first-order valence-electron chi connectivity index (χ1n) is 6.22. The van der Waals surface area contributed by atoms with E-state index in [1.807, 2.05) is 11.8 Å². The molecule has 1 saturated heterocycles. The van der Waals surface area contributed by atoms with Crippen molar-refractivity contribution >= 4 is 47.1 Å². The van der Waals surface area contributed by atoms with Gasteiger partial charge in [0.2, 0.25) is 0 Å². The van der Waals surface area contributed by atoms with Crippen LogP contribution in [0.3, 0.4) is 0 Å². The van der Waals surface area contributed by atoms with Gasteiger partial charge in [-0.15, -0.1) is 0 Å². The van der Waals surface area contributed by atoms with Crippen LogP contribution in [-0.2, 0) is 4.79 Å². The van der Waals surface area contributed by atoms with Crippen molar-refractivity contribution in [2.24, 2.45) is 5.10 Å². The normalized spacial score (nSPS) is 16.5. The summed E-state index contributed by atoms with van der Waals surface area (Å²) in [7, 11) is 0. The number of benzene rings is 1. The molecule has 1 fully saturated rings. The number of carbonyl (C=O) groups is 1. The van der Waals surface area contributed by atoms with Crippen molar-refractivity contribution in [3.63, 3.8) is 0 Å². The fourth-order valence-electron chi connectivity index (χ4n) is 1.77. The van der Waals surface area contributed by atoms with Gasteiger partial charge in [0.05, 0.1) is 22.8 Å². The molecule has 0 aliphatic carbocycles. The van der Waals surface area contributed by atoms with E-state index in [2.05, 4.69) is 15.4 Å². The third kappa shape index (κ3) is 4.98. The van der Waals surface area contributed by atoms with Crippen LogP contribution in [0.1, 0.15) is 5.56 Å². The number of rotatable bonds is 4. The van der Waals surface area contributed by atoms with E-state index in [4.69, 9.17) is 23.2 Å². The lowest BCUT2D eigenvalue weighted by Crippen LogP contribution is -2.40. The van der Waals surface area contributed by atoms with Crippen LogP contribution < -0.4 is 5.43 Å². The molecule has 0 atom stereocenters. The number of nitrogens with zero attached hydrogens (tertiary/aromatic N) is 2. The van der Waals surface area contributed by atoms with Crippen LogP contribution in [0.5, 0.6) is 0 Å². The smallest absolute Gasteiger partial charge is 0.254 e. The van der Waals surface area contributed by atoms with Crippen LogP contribution in [0.25, 0.3) is 0 Å². The number of hydrogen-bond acceptors (Lipinski definition) is 4. The van der Waals surface area contributed by atoms with Crippen molar-refractivity contribution in [1.29, 1.82) is 0 Å². The highest BCUT2D eigenvalue weighted by molar-refractivity contribution is 7.99. The Balaban J connectivity index is 1.79. The maximum absolute atomic E-state index is 11.7. The summed E-state index contributed by atoms with van der Waals surface area (Å²) in [5.74, 6) is 2.06. The number of thioether (sulfide) groups is 1. The molecule has 0 bridgehead atoms. The van der Waals surface area contributed by atoms with Crippen molar-refractivity contribution in [2.75, 3.05) is 31.1 Å². The highest BCUT2D eigenvalue weighted by Gasteiger charge is 2.13. The fourth-order valence-corrected chi connectivity index (χ4v) is 3.05. The summed E-state index contributed by atoms with van der Waals surface area (Å²) in [6, 6.07) is 5.17. The Morgan fingerprint density at radius 1 is 1.35 bits per heavy atom. The highest BCUT2D eigenvalue weighted by atomic mass is 35.5. The van der Waals surface area contributed by atoms with Gasteiger partial charge in [0, 0.05) is 24.6 Å². The predicted molar refractivity (Wildman–Crippen MR) is 86.0 cm³/mol. The average Bonchev–Trinajstić information content (AvgIpc) is 2.44. The fraction of sp³-hybridized carbons (Fsp3) is 0.385. The van der Waals surface area contributed by atoms with E-state index < -0.39 is 0 Å². The van der Waals surface area contributed by atoms with Crippen LogP contribution in [0.15, 0.2) is 23.3 Å². The zero-order valence-corrected chi connectivity index (χ0v) is 13.1. The molecular weight excluding hydrogens is 317 g/mol. The molecule has 1 N–H and O–H groups in total. The summed E-state index contributed by atoms with van der Waals surface area (Å²) in [6.45, 7) is 2.29. The maximum Gasteiger partial charge on any atom is 0.254 e. The first kappa shape index (κ1) is 15.6. The Kier molecular flexibility index (Phi) is 6.16. The standard InChI is InChI=1S/C13H15Cl2N3OS/c14-11-2-1-10(7-12(11)15)8-16-17-13(19)9-18-3-5-20-6-4-18/h1-2,7-8H,3-6,9H2,(H,17,19)/b16-8-. The van der Waals surface area contributed by atoms with Gasteiger partial charge in [-0.2, -0.15) is 16.9 Å². The second kappa shape index (κ2) is 7.88. The van der Waals surface area contributed by atoms with Crippen molar-refractivity contribution < 1.29 is 4.79 Å². The first-order valence-corrected chi connectivity index (χ1v) is 8.13. The third-order valence-corrected chi connectivity index (χ3v) is 4.50. The first-order chi connectivity index (χ1) is 9.65. The molecule has 1 amide bonds. The summed E-state index contributed by atoms with van der Waals surface area (Å²) < 4.78 is 0. The van der Waals surface area contributed by atoms with E-state index >= 15 is 0 Å². The summed E-state index contributed by atoms with van der Waals surface area (Å²) in [4.78, 5) is 13.8. The van der Waals surface area contributed by atoms with Gasteiger partial charge in [0.25, 0.3) is 5.91 Å². The van der Waals surface area contributed by atoms with Crippen LogP contribution in [0, 0.1) is 0 Å². The lowest BCUT2D eigenvalue weighted by Gasteiger charge is -2.24. The zero-order chi connectivity index (χ0) is 14.4. The Morgan fingerprint density at radius 2 is 2.10 bits per heavy atom.